The molecule has 0 amide bonds. The van der Waals surface area contributed by atoms with E-state index in [4.69, 9.17) is 4.74 Å². The van der Waals surface area contributed by atoms with E-state index in [1.165, 1.54) is 6.07 Å². The van der Waals surface area contributed by atoms with E-state index < -0.39 is 12.1 Å². The zero-order chi connectivity index (χ0) is 25.6. The van der Waals surface area contributed by atoms with Gasteiger partial charge in [-0.15, -0.1) is 0 Å². The lowest BCUT2D eigenvalue weighted by Crippen LogP contribution is -2.33. The number of hydrogen-bond donors (Lipinski definition) is 1. The summed E-state index contributed by atoms with van der Waals surface area (Å²) in [5.41, 5.74) is 3.36. The molecule has 0 saturated carbocycles. The Balaban J connectivity index is 1.60. The number of halogens is 2. The SMILES string of the molecule is Cc1cc2c(CN3CCC(C)CC3)c(Cn3ccc4c(c3=O)COC(=O)CC4O)c(Br)nc2cc1F. The molecular weight excluding hydrogens is 529 g/mol. The fraction of sp³-hybridized carbons (Fsp3) is 0.444. The fourth-order valence-electron chi connectivity index (χ4n) is 5.12. The monoisotopic (exact) mass is 557 g/mol. The van der Waals surface area contributed by atoms with E-state index >= 15 is 0 Å². The number of aryl methyl sites for hydroxylation is 1. The number of carbonyl (C=O) groups is 1. The first-order valence-corrected chi connectivity index (χ1v) is 13.1. The second-order valence-electron chi connectivity index (χ2n) is 10.0. The van der Waals surface area contributed by atoms with Crippen LogP contribution >= 0.6 is 15.9 Å². The van der Waals surface area contributed by atoms with Gasteiger partial charge in [0.15, 0.2) is 0 Å². The van der Waals surface area contributed by atoms with Crippen LogP contribution in [0.2, 0.25) is 0 Å². The third-order valence-electron chi connectivity index (χ3n) is 7.42. The molecule has 1 unspecified atom stereocenters. The number of aliphatic hydroxyl groups is 1. The Kier molecular flexibility index (Phi) is 6.98. The first-order chi connectivity index (χ1) is 17.2. The zero-order valence-corrected chi connectivity index (χ0v) is 22.0. The Bertz CT molecular complexity index is 1400. The summed E-state index contributed by atoms with van der Waals surface area (Å²) in [6, 6.07) is 4.98. The van der Waals surface area contributed by atoms with Crippen molar-refractivity contribution in [1.29, 1.82) is 0 Å². The highest BCUT2D eigenvalue weighted by atomic mass is 79.9. The number of fused-ring (bicyclic) bond motifs is 2. The van der Waals surface area contributed by atoms with Crippen LogP contribution < -0.4 is 5.56 Å². The van der Waals surface area contributed by atoms with Crippen LogP contribution in [0.5, 0.6) is 0 Å². The van der Waals surface area contributed by atoms with E-state index in [2.05, 4.69) is 32.7 Å². The number of carbonyl (C=O) groups excluding carboxylic acids is 1. The van der Waals surface area contributed by atoms with E-state index in [0.717, 1.165) is 42.4 Å². The van der Waals surface area contributed by atoms with Gasteiger partial charge in [0.1, 0.15) is 17.0 Å². The van der Waals surface area contributed by atoms with Crippen molar-refractivity contribution in [3.05, 3.63) is 73.0 Å². The summed E-state index contributed by atoms with van der Waals surface area (Å²) in [6.07, 6.45) is 2.64. The van der Waals surface area contributed by atoms with Gasteiger partial charge in [-0.1, -0.05) is 6.92 Å². The molecule has 1 fully saturated rings. The Morgan fingerprint density at radius 1 is 1.19 bits per heavy atom. The molecule has 2 aliphatic rings. The number of likely N-dealkylation sites (tertiary alicyclic amines) is 1. The van der Waals surface area contributed by atoms with Crippen LogP contribution in [0.25, 0.3) is 10.9 Å². The predicted molar refractivity (Wildman–Crippen MR) is 137 cm³/mol. The van der Waals surface area contributed by atoms with Crippen LogP contribution in [0.3, 0.4) is 0 Å². The van der Waals surface area contributed by atoms with E-state index in [0.29, 0.717) is 33.7 Å². The smallest absolute Gasteiger partial charge is 0.309 e. The topological polar surface area (TPSA) is 84.7 Å². The molecule has 1 N–H and O–H groups in total. The van der Waals surface area contributed by atoms with Crippen molar-refractivity contribution >= 4 is 32.8 Å². The van der Waals surface area contributed by atoms with Crippen LogP contribution in [0.1, 0.15) is 60.1 Å². The normalized spacial score (nSPS) is 19.2. The van der Waals surface area contributed by atoms with E-state index in [-0.39, 0.29) is 36.5 Å². The van der Waals surface area contributed by atoms with Gasteiger partial charge in [0.25, 0.3) is 5.56 Å². The number of hydrogen-bond acceptors (Lipinski definition) is 6. The highest BCUT2D eigenvalue weighted by molar-refractivity contribution is 9.10. The van der Waals surface area contributed by atoms with Crippen molar-refractivity contribution in [2.45, 2.75) is 58.9 Å². The summed E-state index contributed by atoms with van der Waals surface area (Å²) in [4.78, 5) is 32.2. The summed E-state index contributed by atoms with van der Waals surface area (Å²) in [5, 5.41) is 11.2. The molecule has 190 valence electrons. The Morgan fingerprint density at radius 3 is 2.69 bits per heavy atom. The van der Waals surface area contributed by atoms with Crippen LogP contribution in [0.15, 0.2) is 33.8 Å². The lowest BCUT2D eigenvalue weighted by molar-refractivity contribution is -0.146. The average molecular weight is 558 g/mol. The Hall–Kier alpha value is -2.62. The number of aromatic nitrogens is 2. The van der Waals surface area contributed by atoms with Crippen LogP contribution in [0, 0.1) is 18.7 Å². The molecule has 4 heterocycles. The van der Waals surface area contributed by atoms with Gasteiger partial charge in [-0.25, -0.2) is 9.37 Å². The minimum atomic E-state index is -1.07. The minimum absolute atomic E-state index is 0.167. The van der Waals surface area contributed by atoms with Gasteiger partial charge in [-0.3, -0.25) is 14.5 Å². The molecule has 3 aromatic rings. The van der Waals surface area contributed by atoms with Gasteiger partial charge in [-0.2, -0.15) is 0 Å². The molecule has 2 aliphatic heterocycles. The first-order valence-electron chi connectivity index (χ1n) is 12.3. The van der Waals surface area contributed by atoms with Gasteiger partial charge < -0.3 is 14.4 Å². The number of esters is 1. The van der Waals surface area contributed by atoms with Gasteiger partial charge in [0.05, 0.1) is 30.1 Å². The molecule has 1 saturated heterocycles. The van der Waals surface area contributed by atoms with Crippen molar-refractivity contribution in [2.75, 3.05) is 13.1 Å². The first kappa shape index (κ1) is 25.0. The van der Waals surface area contributed by atoms with Crippen molar-refractivity contribution in [3.63, 3.8) is 0 Å². The van der Waals surface area contributed by atoms with Gasteiger partial charge in [0, 0.05) is 29.8 Å². The van der Waals surface area contributed by atoms with Crippen molar-refractivity contribution in [3.8, 4) is 0 Å². The Morgan fingerprint density at radius 2 is 1.94 bits per heavy atom. The molecule has 7 nitrogen and oxygen atoms in total. The molecule has 2 aromatic heterocycles. The van der Waals surface area contributed by atoms with Crippen LogP contribution in [-0.4, -0.2) is 38.6 Å². The van der Waals surface area contributed by atoms with Crippen LogP contribution in [-0.2, 0) is 29.2 Å². The number of pyridine rings is 2. The number of aliphatic hydroxyl groups excluding tert-OH is 1. The van der Waals surface area contributed by atoms with E-state index in [1.807, 2.05) is 6.07 Å². The quantitative estimate of drug-likeness (QED) is 0.379. The maximum atomic E-state index is 14.4. The van der Waals surface area contributed by atoms with Crippen LogP contribution in [0.4, 0.5) is 4.39 Å². The largest absolute Gasteiger partial charge is 0.460 e. The van der Waals surface area contributed by atoms with Crippen molar-refractivity contribution in [1.82, 2.24) is 14.5 Å². The highest BCUT2D eigenvalue weighted by Gasteiger charge is 2.26. The second kappa shape index (κ2) is 10.0. The maximum absolute atomic E-state index is 14.4. The van der Waals surface area contributed by atoms with Crippen molar-refractivity contribution in [2.24, 2.45) is 5.92 Å². The number of piperidine rings is 1. The van der Waals surface area contributed by atoms with Gasteiger partial charge in [0.2, 0.25) is 0 Å². The van der Waals surface area contributed by atoms with Gasteiger partial charge in [-0.05, 0) is 83.5 Å². The molecular formula is C27H29BrFN3O4. The number of ether oxygens (including phenoxy) is 1. The lowest BCUT2D eigenvalue weighted by atomic mass is 9.96. The number of nitrogens with zero attached hydrogens (tertiary/aromatic N) is 3. The molecule has 36 heavy (non-hydrogen) atoms. The average Bonchev–Trinajstić information content (AvgIpc) is 2.98. The molecule has 1 aromatic carbocycles. The minimum Gasteiger partial charge on any atom is -0.460 e. The number of benzene rings is 1. The fourth-order valence-corrected chi connectivity index (χ4v) is 5.67. The molecule has 0 aliphatic carbocycles. The third kappa shape index (κ3) is 4.84. The molecule has 9 heteroatoms. The standard InChI is InChI=1S/C27H29BrFN3O4/c1-15-3-6-31(7-4-15)12-19-18-9-16(2)22(29)10-23(18)30-26(28)20(19)13-32-8-5-17-21(27(32)35)14-36-25(34)11-24(17)33/h5,8-10,15,24,33H,3-4,6-7,11-14H2,1-2H3. The van der Waals surface area contributed by atoms with Gasteiger partial charge >= 0.3 is 5.97 Å². The molecule has 0 radical (unpaired) electrons. The zero-order valence-electron chi connectivity index (χ0n) is 20.4. The summed E-state index contributed by atoms with van der Waals surface area (Å²) < 4.78 is 21.7. The van der Waals surface area contributed by atoms with E-state index in [1.54, 1.807) is 23.8 Å². The molecule has 0 bridgehead atoms. The Labute approximate surface area is 217 Å². The molecule has 1 atom stereocenters. The molecule has 0 spiro atoms. The maximum Gasteiger partial charge on any atom is 0.309 e. The third-order valence-corrected chi connectivity index (χ3v) is 8.07. The summed E-state index contributed by atoms with van der Waals surface area (Å²) in [7, 11) is 0. The van der Waals surface area contributed by atoms with Crippen molar-refractivity contribution < 1.29 is 19.0 Å². The lowest BCUT2D eigenvalue weighted by Gasteiger charge is -2.31. The number of cyclic esters (lactones) is 1. The second-order valence-corrected chi connectivity index (χ2v) is 10.8. The highest BCUT2D eigenvalue weighted by Crippen LogP contribution is 2.32. The summed E-state index contributed by atoms with van der Waals surface area (Å²) >= 11 is 3.60. The molecule has 5 rings (SSSR count). The summed E-state index contributed by atoms with van der Waals surface area (Å²) in [6.45, 7) is 6.70. The number of rotatable bonds is 4. The predicted octanol–water partition coefficient (Wildman–Crippen LogP) is 4.37. The summed E-state index contributed by atoms with van der Waals surface area (Å²) in [5.74, 6) is -0.144. The van der Waals surface area contributed by atoms with E-state index in [9.17, 15) is 19.1 Å².